The fraction of sp³-hybridized carbons (Fsp3) is 0.278. The molecule has 2 aromatic carbocycles. The van der Waals surface area contributed by atoms with Gasteiger partial charge in [0, 0.05) is 15.6 Å². The van der Waals surface area contributed by atoms with Crippen LogP contribution in [0.25, 0.3) is 0 Å². The van der Waals surface area contributed by atoms with Crippen molar-refractivity contribution in [1.29, 1.82) is 0 Å². The number of halogens is 2. The molecule has 126 valence electrons. The van der Waals surface area contributed by atoms with Gasteiger partial charge in [0.15, 0.2) is 6.29 Å². The van der Waals surface area contributed by atoms with E-state index in [1.54, 1.807) is 30.3 Å². The van der Waals surface area contributed by atoms with Gasteiger partial charge in [-0.3, -0.25) is 4.79 Å². The Morgan fingerprint density at radius 3 is 2.54 bits per heavy atom. The zero-order valence-electron chi connectivity index (χ0n) is 13.1. The van der Waals surface area contributed by atoms with Crippen LogP contribution in [0.5, 0.6) is 0 Å². The van der Waals surface area contributed by atoms with Crippen molar-refractivity contribution in [3.63, 3.8) is 0 Å². The largest absolute Gasteiger partial charge is 0.346 e. The summed E-state index contributed by atoms with van der Waals surface area (Å²) in [4.78, 5) is 12.5. The Kier molecular flexibility index (Phi) is 5.28. The maximum absolute atomic E-state index is 13.0. The second-order valence-corrected chi connectivity index (χ2v) is 6.41. The number of ether oxygens (including phenoxy) is 2. The summed E-state index contributed by atoms with van der Waals surface area (Å²) in [5.74, 6) is -0.509. The van der Waals surface area contributed by atoms with Crippen LogP contribution < -0.4 is 5.32 Å². The van der Waals surface area contributed by atoms with Crippen molar-refractivity contribution in [2.24, 2.45) is 0 Å². The Balaban J connectivity index is 1.74. The van der Waals surface area contributed by atoms with Crippen molar-refractivity contribution < 1.29 is 18.7 Å². The third-order valence-corrected chi connectivity index (χ3v) is 4.57. The fourth-order valence-electron chi connectivity index (χ4n) is 2.52. The second kappa shape index (κ2) is 7.42. The quantitative estimate of drug-likeness (QED) is 0.849. The maximum Gasteiger partial charge on any atom is 0.251 e. The van der Waals surface area contributed by atoms with Crippen LogP contribution in [-0.4, -0.2) is 19.1 Å². The normalized spacial score (nSPS) is 16.1. The van der Waals surface area contributed by atoms with Crippen molar-refractivity contribution in [2.45, 2.75) is 19.3 Å². The lowest BCUT2D eigenvalue weighted by Crippen LogP contribution is -2.26. The molecule has 6 heteroatoms. The lowest BCUT2D eigenvalue weighted by atomic mass is 10.1. The number of hydrogen-bond donors (Lipinski definition) is 1. The van der Waals surface area contributed by atoms with E-state index in [0.29, 0.717) is 18.8 Å². The highest BCUT2D eigenvalue weighted by Crippen LogP contribution is 2.30. The van der Waals surface area contributed by atoms with Gasteiger partial charge in [0.05, 0.1) is 19.3 Å². The van der Waals surface area contributed by atoms with Gasteiger partial charge >= 0.3 is 0 Å². The molecule has 1 fully saturated rings. The minimum atomic E-state index is -0.457. The Bertz CT molecular complexity index is 730. The van der Waals surface area contributed by atoms with E-state index in [4.69, 9.17) is 9.47 Å². The van der Waals surface area contributed by atoms with Crippen molar-refractivity contribution in [1.82, 2.24) is 5.32 Å². The first-order valence-corrected chi connectivity index (χ1v) is 8.43. The molecule has 0 radical (unpaired) electrons. The number of rotatable bonds is 4. The van der Waals surface area contributed by atoms with E-state index < -0.39 is 6.29 Å². The first-order valence-electron chi connectivity index (χ1n) is 7.63. The molecule has 0 aromatic heterocycles. The minimum Gasteiger partial charge on any atom is -0.346 e. The fourth-order valence-corrected chi connectivity index (χ4v) is 2.95. The minimum absolute atomic E-state index is 0.210. The van der Waals surface area contributed by atoms with Crippen molar-refractivity contribution >= 4 is 21.8 Å². The molecule has 3 rings (SSSR count). The predicted octanol–water partition coefficient (Wildman–Crippen LogP) is 4.12. The summed E-state index contributed by atoms with van der Waals surface area (Å²) in [6.07, 6.45) is -0.457. The molecule has 0 saturated carbocycles. The number of carbonyl (C=O) groups excluding carboxylic acids is 1. The molecule has 1 aliphatic rings. The molecular weight excluding hydrogens is 377 g/mol. The van der Waals surface area contributed by atoms with Crippen LogP contribution in [0.2, 0.25) is 0 Å². The van der Waals surface area contributed by atoms with E-state index in [1.807, 2.05) is 6.92 Å². The summed E-state index contributed by atoms with van der Waals surface area (Å²) in [7, 11) is 0. The van der Waals surface area contributed by atoms with E-state index in [0.717, 1.165) is 15.6 Å². The summed E-state index contributed by atoms with van der Waals surface area (Å²) in [6.45, 7) is 2.93. The first-order chi connectivity index (χ1) is 11.5. The Hall–Kier alpha value is -1.76. The number of benzene rings is 2. The Labute approximate surface area is 148 Å². The standard InChI is InChI=1S/C18H17BrFNO3/c1-11(12-2-5-14(20)6-3-12)21-17(22)13-4-7-16(19)15(10-13)18-23-8-9-24-18/h2-7,10-11,18H,8-9H2,1H3,(H,21,22)/t11-/m1/s1. The summed E-state index contributed by atoms with van der Waals surface area (Å²) in [5, 5.41) is 2.91. The third-order valence-electron chi connectivity index (χ3n) is 3.85. The zero-order valence-corrected chi connectivity index (χ0v) is 14.7. The molecule has 1 aliphatic heterocycles. The summed E-state index contributed by atoms with van der Waals surface area (Å²) in [5.41, 5.74) is 2.14. The molecule has 2 aromatic rings. The highest BCUT2D eigenvalue weighted by molar-refractivity contribution is 9.10. The lowest BCUT2D eigenvalue weighted by Gasteiger charge is -2.16. The molecule has 1 N–H and O–H groups in total. The van der Waals surface area contributed by atoms with E-state index in [-0.39, 0.29) is 17.8 Å². The van der Waals surface area contributed by atoms with Gasteiger partial charge in [0.2, 0.25) is 0 Å². The zero-order chi connectivity index (χ0) is 17.1. The summed E-state index contributed by atoms with van der Waals surface area (Å²) in [6, 6.07) is 11.1. The van der Waals surface area contributed by atoms with Gasteiger partial charge in [-0.2, -0.15) is 0 Å². The molecule has 1 atom stereocenters. The van der Waals surface area contributed by atoms with E-state index in [2.05, 4.69) is 21.2 Å². The second-order valence-electron chi connectivity index (χ2n) is 5.56. The third kappa shape index (κ3) is 3.83. The molecule has 0 unspecified atom stereocenters. The van der Waals surface area contributed by atoms with Crippen LogP contribution in [0.3, 0.4) is 0 Å². The van der Waals surface area contributed by atoms with Crippen LogP contribution in [0.15, 0.2) is 46.9 Å². The number of amides is 1. The number of carbonyl (C=O) groups is 1. The van der Waals surface area contributed by atoms with Crippen molar-refractivity contribution in [3.8, 4) is 0 Å². The molecule has 24 heavy (non-hydrogen) atoms. The Morgan fingerprint density at radius 1 is 1.21 bits per heavy atom. The van der Waals surface area contributed by atoms with E-state index >= 15 is 0 Å². The number of hydrogen-bond acceptors (Lipinski definition) is 3. The van der Waals surface area contributed by atoms with Crippen LogP contribution in [-0.2, 0) is 9.47 Å². The average molecular weight is 394 g/mol. The van der Waals surface area contributed by atoms with E-state index in [1.165, 1.54) is 12.1 Å². The molecule has 0 bridgehead atoms. The van der Waals surface area contributed by atoms with Crippen LogP contribution in [0, 0.1) is 5.82 Å². The van der Waals surface area contributed by atoms with Crippen LogP contribution in [0.1, 0.15) is 40.7 Å². The first kappa shape index (κ1) is 17.1. The molecule has 0 aliphatic carbocycles. The number of nitrogens with one attached hydrogen (secondary N) is 1. The van der Waals surface area contributed by atoms with Crippen LogP contribution in [0.4, 0.5) is 4.39 Å². The SMILES string of the molecule is C[C@@H](NC(=O)c1ccc(Br)c(C2OCCO2)c1)c1ccc(F)cc1. The van der Waals surface area contributed by atoms with Gasteiger partial charge in [-0.15, -0.1) is 0 Å². The average Bonchev–Trinajstić information content (AvgIpc) is 3.10. The molecule has 1 amide bonds. The van der Waals surface area contributed by atoms with Gasteiger partial charge in [0.25, 0.3) is 5.91 Å². The monoisotopic (exact) mass is 393 g/mol. The molecule has 0 spiro atoms. The van der Waals surface area contributed by atoms with Gasteiger partial charge in [-0.25, -0.2) is 4.39 Å². The Morgan fingerprint density at radius 2 is 1.88 bits per heavy atom. The van der Waals surface area contributed by atoms with Crippen molar-refractivity contribution in [3.05, 3.63) is 69.4 Å². The highest BCUT2D eigenvalue weighted by Gasteiger charge is 2.22. The van der Waals surface area contributed by atoms with Crippen LogP contribution >= 0.6 is 15.9 Å². The topological polar surface area (TPSA) is 47.6 Å². The molecular formula is C18H17BrFNO3. The van der Waals surface area contributed by atoms with Gasteiger partial charge in [-0.1, -0.05) is 28.1 Å². The van der Waals surface area contributed by atoms with Gasteiger partial charge in [-0.05, 0) is 42.8 Å². The molecule has 1 heterocycles. The van der Waals surface area contributed by atoms with Crippen molar-refractivity contribution in [2.75, 3.05) is 13.2 Å². The van der Waals surface area contributed by atoms with E-state index in [9.17, 15) is 9.18 Å². The smallest absolute Gasteiger partial charge is 0.251 e. The lowest BCUT2D eigenvalue weighted by molar-refractivity contribution is -0.0446. The molecule has 4 nitrogen and oxygen atoms in total. The maximum atomic E-state index is 13.0. The highest BCUT2D eigenvalue weighted by atomic mass is 79.9. The van der Waals surface area contributed by atoms with Gasteiger partial charge < -0.3 is 14.8 Å². The summed E-state index contributed by atoms with van der Waals surface area (Å²) >= 11 is 3.46. The van der Waals surface area contributed by atoms with Gasteiger partial charge in [0.1, 0.15) is 5.82 Å². The summed E-state index contributed by atoms with van der Waals surface area (Å²) < 4.78 is 24.8. The predicted molar refractivity (Wildman–Crippen MR) is 91.1 cm³/mol. The molecule has 1 saturated heterocycles.